The van der Waals surface area contributed by atoms with Crippen molar-refractivity contribution in [2.24, 2.45) is 0 Å². The number of rotatable bonds is 4. The number of hydrogen-bond acceptors (Lipinski definition) is 3. The molecule has 0 radical (unpaired) electrons. The molecule has 19 heavy (non-hydrogen) atoms. The number of ether oxygens (including phenoxy) is 1. The highest BCUT2D eigenvalue weighted by Crippen LogP contribution is 2.30. The van der Waals surface area contributed by atoms with Gasteiger partial charge in [-0.1, -0.05) is 15.9 Å². The Morgan fingerprint density at radius 1 is 1.47 bits per heavy atom. The zero-order chi connectivity index (χ0) is 14.8. The fraction of sp³-hybridized carbons (Fsp3) is 0.400. The molecule has 0 aliphatic carbocycles. The summed E-state index contributed by atoms with van der Waals surface area (Å²) in [6.07, 6.45) is -4.52. The Hall–Kier alpha value is -1.38. The fourth-order valence-corrected chi connectivity index (χ4v) is 1.34. The van der Waals surface area contributed by atoms with Crippen LogP contribution in [0.5, 0.6) is 5.75 Å². The third kappa shape index (κ3) is 4.05. The molecule has 0 saturated carbocycles. The van der Waals surface area contributed by atoms with E-state index in [0.29, 0.717) is 6.07 Å². The maximum atomic E-state index is 13.4. The molecule has 0 amide bonds. The van der Waals surface area contributed by atoms with Gasteiger partial charge in [0.25, 0.3) is 5.69 Å². The van der Waals surface area contributed by atoms with Crippen LogP contribution in [0.3, 0.4) is 0 Å². The molecule has 1 atom stereocenters. The molecule has 0 heterocycles. The van der Waals surface area contributed by atoms with Crippen LogP contribution in [0.4, 0.5) is 23.2 Å². The molecule has 9 heteroatoms. The molecule has 0 aliphatic heterocycles. The molecule has 0 N–H and O–H groups in total. The first-order valence-electron chi connectivity index (χ1n) is 4.91. The second-order valence-electron chi connectivity index (χ2n) is 3.65. The molecule has 0 bridgehead atoms. The first-order valence-corrected chi connectivity index (χ1v) is 5.82. The van der Waals surface area contributed by atoms with Gasteiger partial charge in [-0.25, -0.2) is 4.39 Å². The van der Waals surface area contributed by atoms with Crippen molar-refractivity contribution in [1.29, 1.82) is 0 Å². The zero-order valence-corrected chi connectivity index (χ0v) is 11.1. The average Bonchev–Trinajstić information content (AvgIpc) is 2.27. The van der Waals surface area contributed by atoms with E-state index in [-0.39, 0.29) is 5.56 Å². The first kappa shape index (κ1) is 15.7. The maximum Gasteiger partial charge on any atom is 0.404 e. The van der Waals surface area contributed by atoms with Gasteiger partial charge in [0.15, 0.2) is 11.6 Å². The SMILES string of the molecule is Cc1cc(OCC(Br)C(F)(F)F)c(F)cc1[N+](=O)[O-]. The number of aryl methyl sites for hydroxylation is 1. The summed E-state index contributed by atoms with van der Waals surface area (Å²) in [5.74, 6) is -1.55. The summed E-state index contributed by atoms with van der Waals surface area (Å²) in [5.41, 5.74) is -0.365. The van der Waals surface area contributed by atoms with E-state index in [1.807, 2.05) is 0 Å². The van der Waals surface area contributed by atoms with Crippen molar-refractivity contribution < 1.29 is 27.2 Å². The maximum absolute atomic E-state index is 13.4. The molecular weight excluding hydrogens is 338 g/mol. The highest BCUT2D eigenvalue weighted by molar-refractivity contribution is 9.09. The zero-order valence-electron chi connectivity index (χ0n) is 9.50. The Morgan fingerprint density at radius 2 is 2.05 bits per heavy atom. The molecule has 0 fully saturated rings. The lowest BCUT2D eigenvalue weighted by atomic mass is 10.2. The molecule has 0 aliphatic rings. The molecule has 106 valence electrons. The van der Waals surface area contributed by atoms with Crippen LogP contribution in [0.15, 0.2) is 12.1 Å². The van der Waals surface area contributed by atoms with Crippen molar-refractivity contribution in [3.63, 3.8) is 0 Å². The van der Waals surface area contributed by atoms with Gasteiger partial charge in [0.05, 0.1) is 11.0 Å². The van der Waals surface area contributed by atoms with Crippen molar-refractivity contribution in [3.05, 3.63) is 33.6 Å². The highest BCUT2D eigenvalue weighted by atomic mass is 79.9. The van der Waals surface area contributed by atoms with E-state index >= 15 is 0 Å². The number of nitrogens with zero attached hydrogens (tertiary/aromatic N) is 1. The average molecular weight is 346 g/mol. The van der Waals surface area contributed by atoms with E-state index in [0.717, 1.165) is 6.07 Å². The number of nitro benzene ring substituents is 1. The Labute approximate surface area is 113 Å². The van der Waals surface area contributed by atoms with Gasteiger partial charge < -0.3 is 4.74 Å². The Balaban J connectivity index is 2.86. The van der Waals surface area contributed by atoms with Crippen molar-refractivity contribution in [2.45, 2.75) is 17.9 Å². The Bertz CT molecular complexity index is 492. The topological polar surface area (TPSA) is 52.4 Å². The first-order chi connectivity index (χ1) is 8.62. The lowest BCUT2D eigenvalue weighted by molar-refractivity contribution is -0.385. The van der Waals surface area contributed by atoms with Gasteiger partial charge in [0.2, 0.25) is 0 Å². The van der Waals surface area contributed by atoms with Crippen LogP contribution < -0.4 is 4.74 Å². The minimum absolute atomic E-state index is 0.0968. The monoisotopic (exact) mass is 345 g/mol. The second-order valence-corrected chi connectivity index (χ2v) is 4.75. The lowest BCUT2D eigenvalue weighted by Crippen LogP contribution is -2.29. The quantitative estimate of drug-likeness (QED) is 0.361. The van der Waals surface area contributed by atoms with Crippen LogP contribution >= 0.6 is 15.9 Å². The van der Waals surface area contributed by atoms with Gasteiger partial charge in [-0.2, -0.15) is 13.2 Å². The van der Waals surface area contributed by atoms with Crippen LogP contribution in [0.25, 0.3) is 0 Å². The van der Waals surface area contributed by atoms with E-state index in [1.54, 1.807) is 0 Å². The number of nitro groups is 1. The molecule has 1 aromatic carbocycles. The number of hydrogen-bond donors (Lipinski definition) is 0. The van der Waals surface area contributed by atoms with Gasteiger partial charge in [-0.15, -0.1) is 0 Å². The predicted molar refractivity (Wildman–Crippen MR) is 62.1 cm³/mol. The fourth-order valence-electron chi connectivity index (χ4n) is 1.21. The molecule has 1 aromatic rings. The number of halogens is 5. The van der Waals surface area contributed by atoms with E-state index in [2.05, 4.69) is 20.7 Å². The minimum Gasteiger partial charge on any atom is -0.489 e. The number of benzene rings is 1. The van der Waals surface area contributed by atoms with Gasteiger partial charge >= 0.3 is 6.18 Å². The lowest BCUT2D eigenvalue weighted by Gasteiger charge is -2.15. The van der Waals surface area contributed by atoms with Crippen molar-refractivity contribution >= 4 is 21.6 Å². The van der Waals surface area contributed by atoms with E-state index < -0.39 is 39.8 Å². The van der Waals surface area contributed by atoms with Crippen molar-refractivity contribution in [2.75, 3.05) is 6.61 Å². The van der Waals surface area contributed by atoms with E-state index in [4.69, 9.17) is 0 Å². The van der Waals surface area contributed by atoms with Crippen LogP contribution in [0, 0.1) is 22.9 Å². The third-order valence-electron chi connectivity index (χ3n) is 2.19. The summed E-state index contributed by atoms with van der Waals surface area (Å²) in [5, 5.41) is 10.5. The second kappa shape index (κ2) is 5.72. The Morgan fingerprint density at radius 3 is 2.53 bits per heavy atom. The standard InChI is InChI=1S/C10H8BrF4NO3/c1-5-2-8(6(12)3-7(5)16(17)18)19-4-9(11)10(13,14)15/h2-3,9H,4H2,1H3. The van der Waals surface area contributed by atoms with Crippen LogP contribution in [-0.2, 0) is 0 Å². The summed E-state index contributed by atoms with van der Waals surface area (Å²) in [6.45, 7) is 0.497. The van der Waals surface area contributed by atoms with Crippen LogP contribution in [0.2, 0.25) is 0 Å². The summed E-state index contributed by atoms with van der Waals surface area (Å²) in [7, 11) is 0. The highest BCUT2D eigenvalue weighted by Gasteiger charge is 2.38. The summed E-state index contributed by atoms with van der Waals surface area (Å²) < 4.78 is 54.7. The molecule has 1 unspecified atom stereocenters. The molecule has 1 rings (SSSR count). The van der Waals surface area contributed by atoms with Gasteiger partial charge in [-0.05, 0) is 13.0 Å². The van der Waals surface area contributed by atoms with E-state index in [9.17, 15) is 27.7 Å². The minimum atomic E-state index is -4.52. The van der Waals surface area contributed by atoms with Crippen molar-refractivity contribution in [3.8, 4) is 5.75 Å². The van der Waals surface area contributed by atoms with Gasteiger partial charge in [-0.3, -0.25) is 10.1 Å². The largest absolute Gasteiger partial charge is 0.489 e. The van der Waals surface area contributed by atoms with Crippen molar-refractivity contribution in [1.82, 2.24) is 0 Å². The molecule has 4 nitrogen and oxygen atoms in total. The van der Waals surface area contributed by atoms with E-state index in [1.165, 1.54) is 6.92 Å². The third-order valence-corrected chi connectivity index (χ3v) is 2.97. The summed E-state index contributed by atoms with van der Waals surface area (Å²) >= 11 is 2.36. The smallest absolute Gasteiger partial charge is 0.404 e. The molecule has 0 aromatic heterocycles. The Kier molecular flexibility index (Phi) is 4.72. The van der Waals surface area contributed by atoms with Gasteiger partial charge in [0.1, 0.15) is 11.4 Å². The molecule has 0 saturated heterocycles. The molecule has 0 spiro atoms. The summed E-state index contributed by atoms with van der Waals surface area (Å²) in [4.78, 5) is 7.79. The normalized spacial score (nSPS) is 13.2. The predicted octanol–water partition coefficient (Wildman–Crippen LogP) is 3.75. The number of alkyl halides is 4. The van der Waals surface area contributed by atoms with Gasteiger partial charge in [0, 0.05) is 5.56 Å². The van der Waals surface area contributed by atoms with Crippen LogP contribution in [-0.4, -0.2) is 22.5 Å². The van der Waals surface area contributed by atoms with Crippen LogP contribution in [0.1, 0.15) is 5.56 Å². The summed E-state index contributed by atoms with van der Waals surface area (Å²) in [6, 6.07) is 1.60. The molecular formula is C10H8BrF4NO3.